The molecule has 0 aliphatic heterocycles. The molecule has 0 saturated heterocycles. The highest BCUT2D eigenvalue weighted by atomic mass is 14.9. The Morgan fingerprint density at radius 1 is 1.07 bits per heavy atom. The van der Waals surface area contributed by atoms with Gasteiger partial charge in [-0.1, -0.05) is 27.7 Å². The van der Waals surface area contributed by atoms with E-state index in [0.29, 0.717) is 0 Å². The van der Waals surface area contributed by atoms with E-state index in [1.807, 2.05) is 59.3 Å². The zero-order chi connectivity index (χ0) is 11.8. The van der Waals surface area contributed by atoms with Gasteiger partial charge in [-0.2, -0.15) is 0 Å². The summed E-state index contributed by atoms with van der Waals surface area (Å²) < 4.78 is 2.09. The molecule has 0 bridgehead atoms. The number of aryl methyl sites for hydroxylation is 2. The van der Waals surface area contributed by atoms with E-state index in [1.54, 1.807) is 0 Å². The predicted molar refractivity (Wildman–Crippen MR) is 68.1 cm³/mol. The first-order chi connectivity index (χ1) is 7.29. The summed E-state index contributed by atoms with van der Waals surface area (Å²) in [5, 5.41) is 0. The standard InChI is InChI=1S/C9H10N2.2C2H6/c1-7-3-5-10-8-4-6-11(2)9(7)8;2*1-2/h3-6H,1-2H3;2*1-2H3. The van der Waals surface area contributed by atoms with Crippen molar-refractivity contribution < 1.29 is 0 Å². The lowest BCUT2D eigenvalue weighted by atomic mass is 10.2. The van der Waals surface area contributed by atoms with Gasteiger partial charge in [0.2, 0.25) is 0 Å². The van der Waals surface area contributed by atoms with Gasteiger partial charge in [-0.05, 0) is 24.6 Å². The molecule has 2 aromatic rings. The Hall–Kier alpha value is -1.31. The van der Waals surface area contributed by atoms with Crippen molar-refractivity contribution in [2.24, 2.45) is 7.05 Å². The smallest absolute Gasteiger partial charge is 0.0883 e. The maximum Gasteiger partial charge on any atom is 0.0883 e. The van der Waals surface area contributed by atoms with Crippen LogP contribution in [0.2, 0.25) is 0 Å². The average molecular weight is 206 g/mol. The first kappa shape index (κ1) is 13.7. The molecule has 0 amide bonds. The second-order valence-electron chi connectivity index (χ2n) is 2.79. The van der Waals surface area contributed by atoms with Crippen molar-refractivity contribution in [3.8, 4) is 0 Å². The van der Waals surface area contributed by atoms with Crippen molar-refractivity contribution in [3.63, 3.8) is 0 Å². The van der Waals surface area contributed by atoms with Crippen LogP contribution in [0.5, 0.6) is 0 Å². The second kappa shape index (κ2) is 7.04. The number of aromatic nitrogens is 2. The quantitative estimate of drug-likeness (QED) is 0.638. The Morgan fingerprint density at radius 3 is 2.20 bits per heavy atom. The van der Waals surface area contributed by atoms with Crippen molar-refractivity contribution in [2.45, 2.75) is 34.6 Å². The summed E-state index contributed by atoms with van der Waals surface area (Å²) in [6.07, 6.45) is 3.88. The van der Waals surface area contributed by atoms with Gasteiger partial charge < -0.3 is 4.57 Å². The Kier molecular flexibility index (Phi) is 6.43. The Morgan fingerprint density at radius 2 is 1.67 bits per heavy atom. The summed E-state index contributed by atoms with van der Waals surface area (Å²) >= 11 is 0. The molecular formula is C13H22N2. The van der Waals surface area contributed by atoms with Gasteiger partial charge in [0.15, 0.2) is 0 Å². The van der Waals surface area contributed by atoms with E-state index in [4.69, 9.17) is 0 Å². The molecule has 0 spiro atoms. The number of rotatable bonds is 0. The van der Waals surface area contributed by atoms with Gasteiger partial charge in [0, 0.05) is 19.4 Å². The normalized spacial score (nSPS) is 8.67. The van der Waals surface area contributed by atoms with E-state index in [0.717, 1.165) is 5.52 Å². The molecule has 0 atom stereocenters. The Balaban J connectivity index is 0.000000442. The van der Waals surface area contributed by atoms with Crippen molar-refractivity contribution in [1.29, 1.82) is 0 Å². The summed E-state index contributed by atoms with van der Waals surface area (Å²) in [5.41, 5.74) is 3.59. The van der Waals surface area contributed by atoms with Crippen LogP contribution in [0.25, 0.3) is 11.0 Å². The third-order valence-corrected chi connectivity index (χ3v) is 1.96. The molecule has 0 unspecified atom stereocenters. The maximum absolute atomic E-state index is 4.24. The monoisotopic (exact) mass is 206 g/mol. The molecule has 2 nitrogen and oxygen atoms in total. The van der Waals surface area contributed by atoms with Gasteiger partial charge in [-0.25, -0.2) is 0 Å². The average Bonchev–Trinajstić information content (AvgIpc) is 2.68. The molecule has 0 radical (unpaired) electrons. The third kappa shape index (κ3) is 3.08. The molecule has 2 aromatic heterocycles. The molecule has 0 aliphatic carbocycles. The van der Waals surface area contributed by atoms with Crippen LogP contribution in [0.1, 0.15) is 33.3 Å². The van der Waals surface area contributed by atoms with Crippen molar-refractivity contribution in [3.05, 3.63) is 30.1 Å². The molecule has 0 aliphatic rings. The van der Waals surface area contributed by atoms with Gasteiger partial charge in [0.25, 0.3) is 0 Å². The largest absolute Gasteiger partial charge is 0.349 e. The molecule has 2 heterocycles. The van der Waals surface area contributed by atoms with Crippen LogP contribution in [0.15, 0.2) is 24.5 Å². The van der Waals surface area contributed by atoms with Crippen LogP contribution >= 0.6 is 0 Å². The summed E-state index contributed by atoms with van der Waals surface area (Å²) in [6.45, 7) is 10.1. The lowest BCUT2D eigenvalue weighted by molar-refractivity contribution is 0.963. The van der Waals surface area contributed by atoms with Crippen molar-refractivity contribution >= 4 is 11.0 Å². The van der Waals surface area contributed by atoms with E-state index >= 15 is 0 Å². The number of pyridine rings is 1. The van der Waals surface area contributed by atoms with Crippen LogP contribution in [-0.4, -0.2) is 9.55 Å². The second-order valence-corrected chi connectivity index (χ2v) is 2.79. The number of nitrogens with zero attached hydrogens (tertiary/aromatic N) is 2. The zero-order valence-corrected chi connectivity index (χ0v) is 10.7. The van der Waals surface area contributed by atoms with Gasteiger partial charge >= 0.3 is 0 Å². The summed E-state index contributed by atoms with van der Waals surface area (Å²) in [5.74, 6) is 0. The van der Waals surface area contributed by atoms with Crippen LogP contribution in [-0.2, 0) is 7.05 Å². The maximum atomic E-state index is 4.24. The summed E-state index contributed by atoms with van der Waals surface area (Å²) in [4.78, 5) is 4.24. The van der Waals surface area contributed by atoms with Crippen molar-refractivity contribution in [1.82, 2.24) is 9.55 Å². The fourth-order valence-corrected chi connectivity index (χ4v) is 1.41. The van der Waals surface area contributed by atoms with E-state index in [-0.39, 0.29) is 0 Å². The van der Waals surface area contributed by atoms with E-state index in [1.165, 1.54) is 11.1 Å². The van der Waals surface area contributed by atoms with Gasteiger partial charge in [-0.3, -0.25) is 4.98 Å². The minimum atomic E-state index is 1.08. The van der Waals surface area contributed by atoms with Gasteiger partial charge in [0.1, 0.15) is 0 Å². The molecule has 0 saturated carbocycles. The van der Waals surface area contributed by atoms with E-state index in [2.05, 4.69) is 16.5 Å². The minimum Gasteiger partial charge on any atom is -0.349 e. The molecule has 84 valence electrons. The number of hydrogen-bond acceptors (Lipinski definition) is 1. The highest BCUT2D eigenvalue weighted by Gasteiger charge is 1.99. The molecule has 0 fully saturated rings. The highest BCUT2D eigenvalue weighted by molar-refractivity contribution is 5.78. The van der Waals surface area contributed by atoms with Crippen LogP contribution in [0.3, 0.4) is 0 Å². The van der Waals surface area contributed by atoms with Crippen LogP contribution in [0.4, 0.5) is 0 Å². The lowest BCUT2D eigenvalue weighted by Gasteiger charge is -1.98. The predicted octanol–water partition coefficient (Wildman–Crippen LogP) is 3.93. The minimum absolute atomic E-state index is 1.08. The van der Waals surface area contributed by atoms with Crippen LogP contribution in [0, 0.1) is 6.92 Å². The van der Waals surface area contributed by atoms with Gasteiger partial charge in [-0.15, -0.1) is 0 Å². The summed E-state index contributed by atoms with van der Waals surface area (Å²) in [7, 11) is 2.04. The molecule has 15 heavy (non-hydrogen) atoms. The SMILES string of the molecule is CC.CC.Cc1ccnc2ccn(C)c12. The van der Waals surface area contributed by atoms with E-state index < -0.39 is 0 Å². The first-order valence-electron chi connectivity index (χ1n) is 5.65. The van der Waals surface area contributed by atoms with Crippen LogP contribution < -0.4 is 0 Å². The lowest BCUT2D eigenvalue weighted by Crippen LogP contribution is -1.87. The van der Waals surface area contributed by atoms with Crippen molar-refractivity contribution in [2.75, 3.05) is 0 Å². The molecule has 0 aromatic carbocycles. The first-order valence-corrected chi connectivity index (χ1v) is 5.65. The fraction of sp³-hybridized carbons (Fsp3) is 0.462. The van der Waals surface area contributed by atoms with Gasteiger partial charge in [0.05, 0.1) is 11.0 Å². The number of fused-ring (bicyclic) bond motifs is 1. The fourth-order valence-electron chi connectivity index (χ4n) is 1.41. The Labute approximate surface area is 93.0 Å². The molecule has 2 heteroatoms. The number of hydrogen-bond donors (Lipinski definition) is 0. The molecule has 2 rings (SSSR count). The zero-order valence-electron chi connectivity index (χ0n) is 10.7. The Bertz CT molecular complexity index is 388. The van der Waals surface area contributed by atoms with E-state index in [9.17, 15) is 0 Å². The summed E-state index contributed by atoms with van der Waals surface area (Å²) in [6, 6.07) is 4.06. The topological polar surface area (TPSA) is 17.8 Å². The highest BCUT2D eigenvalue weighted by Crippen LogP contribution is 2.15. The third-order valence-electron chi connectivity index (χ3n) is 1.96. The molecular weight excluding hydrogens is 184 g/mol. The molecule has 0 N–H and O–H groups in total.